The van der Waals surface area contributed by atoms with Crippen molar-refractivity contribution in [2.45, 2.75) is 39.3 Å². The summed E-state index contributed by atoms with van der Waals surface area (Å²) < 4.78 is 6.16. The van der Waals surface area contributed by atoms with E-state index < -0.39 is 0 Å². The van der Waals surface area contributed by atoms with Gasteiger partial charge in [0.25, 0.3) is 0 Å². The third-order valence-electron chi connectivity index (χ3n) is 3.63. The lowest BCUT2D eigenvalue weighted by Crippen LogP contribution is -2.29. The van der Waals surface area contributed by atoms with E-state index in [9.17, 15) is 0 Å². The van der Waals surface area contributed by atoms with Crippen LogP contribution in [0, 0.1) is 6.92 Å². The lowest BCUT2D eigenvalue weighted by atomic mass is 9.99. The molecule has 2 atom stereocenters. The van der Waals surface area contributed by atoms with Crippen molar-refractivity contribution in [3.63, 3.8) is 0 Å². The van der Waals surface area contributed by atoms with E-state index in [1.807, 2.05) is 37.3 Å². The first-order valence-electron chi connectivity index (χ1n) is 7.29. The van der Waals surface area contributed by atoms with Crippen molar-refractivity contribution in [2.75, 3.05) is 0 Å². The number of nitrogens with two attached hydrogens (primary N) is 1. The molecule has 0 aliphatic carbocycles. The average molecular weight is 304 g/mol. The van der Waals surface area contributed by atoms with Crippen molar-refractivity contribution >= 4 is 11.6 Å². The van der Waals surface area contributed by atoms with Crippen LogP contribution in [0.25, 0.3) is 0 Å². The molecule has 2 unspecified atom stereocenters. The molecule has 0 aromatic heterocycles. The summed E-state index contributed by atoms with van der Waals surface area (Å²) in [4.78, 5) is 0. The van der Waals surface area contributed by atoms with Gasteiger partial charge in [0.15, 0.2) is 0 Å². The zero-order valence-corrected chi connectivity index (χ0v) is 13.5. The number of aryl methyl sites for hydroxylation is 2. The Hall–Kier alpha value is -1.51. The summed E-state index contributed by atoms with van der Waals surface area (Å²) >= 11 is 6.16. The summed E-state index contributed by atoms with van der Waals surface area (Å²) in [5, 5.41) is 0.776. The molecule has 0 bridgehead atoms. The predicted molar refractivity (Wildman–Crippen MR) is 89.0 cm³/mol. The van der Waals surface area contributed by atoms with Gasteiger partial charge in [0.2, 0.25) is 0 Å². The summed E-state index contributed by atoms with van der Waals surface area (Å²) in [6.45, 7) is 6.12. The van der Waals surface area contributed by atoms with Gasteiger partial charge >= 0.3 is 0 Å². The highest BCUT2D eigenvalue weighted by atomic mass is 35.5. The molecule has 0 saturated carbocycles. The smallest absolute Gasteiger partial charge is 0.139 e. The second-order valence-electron chi connectivity index (χ2n) is 5.36. The van der Waals surface area contributed by atoms with E-state index >= 15 is 0 Å². The molecule has 2 rings (SSSR count). The van der Waals surface area contributed by atoms with E-state index in [2.05, 4.69) is 26.0 Å². The summed E-state index contributed by atoms with van der Waals surface area (Å²) in [7, 11) is 0. The van der Waals surface area contributed by atoms with Gasteiger partial charge in [0.1, 0.15) is 11.9 Å². The lowest BCUT2D eigenvalue weighted by molar-refractivity contribution is 0.179. The first-order chi connectivity index (χ1) is 10.0. The fourth-order valence-electron chi connectivity index (χ4n) is 2.40. The maximum Gasteiger partial charge on any atom is 0.139 e. The molecule has 21 heavy (non-hydrogen) atoms. The Balaban J connectivity index is 2.31. The van der Waals surface area contributed by atoms with Gasteiger partial charge in [-0.15, -0.1) is 0 Å². The molecule has 2 N–H and O–H groups in total. The molecule has 0 heterocycles. The van der Waals surface area contributed by atoms with Crippen LogP contribution in [0.4, 0.5) is 0 Å². The van der Waals surface area contributed by atoms with Crippen LogP contribution >= 0.6 is 11.6 Å². The molecule has 3 heteroatoms. The summed E-state index contributed by atoms with van der Waals surface area (Å²) in [6.07, 6.45) is 0.709. The van der Waals surface area contributed by atoms with Gasteiger partial charge in [0.05, 0.1) is 0 Å². The van der Waals surface area contributed by atoms with Crippen LogP contribution in [-0.2, 0) is 6.42 Å². The Labute approximate surface area is 131 Å². The normalized spacial score (nSPS) is 13.8. The number of benzene rings is 2. The summed E-state index contributed by atoms with van der Waals surface area (Å²) in [5.41, 5.74) is 9.53. The minimum atomic E-state index is -0.169. The van der Waals surface area contributed by atoms with Crippen molar-refractivity contribution in [1.82, 2.24) is 0 Å². The Bertz CT molecular complexity index is 610. The molecule has 0 spiro atoms. The third-order valence-corrected chi connectivity index (χ3v) is 4.00. The van der Waals surface area contributed by atoms with E-state index in [-0.39, 0.29) is 12.1 Å². The van der Waals surface area contributed by atoms with E-state index in [4.69, 9.17) is 22.1 Å². The van der Waals surface area contributed by atoms with Crippen molar-refractivity contribution < 1.29 is 4.74 Å². The zero-order chi connectivity index (χ0) is 15.4. The van der Waals surface area contributed by atoms with Crippen LogP contribution < -0.4 is 10.5 Å². The van der Waals surface area contributed by atoms with E-state index in [1.165, 1.54) is 5.56 Å². The molecular weight excluding hydrogens is 282 g/mol. The average Bonchev–Trinajstić information content (AvgIpc) is 2.47. The zero-order valence-electron chi connectivity index (χ0n) is 12.8. The second-order valence-corrected chi connectivity index (χ2v) is 5.77. The molecule has 0 radical (unpaired) electrons. The van der Waals surface area contributed by atoms with Crippen molar-refractivity contribution in [3.05, 3.63) is 64.2 Å². The molecule has 2 aromatic rings. The van der Waals surface area contributed by atoms with E-state index in [1.54, 1.807) is 0 Å². The maximum atomic E-state index is 6.16. The van der Waals surface area contributed by atoms with Gasteiger partial charge in [-0.25, -0.2) is 0 Å². The van der Waals surface area contributed by atoms with E-state index in [0.29, 0.717) is 0 Å². The molecule has 2 aromatic carbocycles. The highest BCUT2D eigenvalue weighted by Crippen LogP contribution is 2.29. The molecule has 0 aliphatic rings. The van der Waals surface area contributed by atoms with Crippen LogP contribution in [0.2, 0.25) is 5.02 Å². The molecule has 0 saturated heterocycles. The first kappa shape index (κ1) is 15.9. The van der Waals surface area contributed by atoms with Crippen LogP contribution in [-0.4, -0.2) is 6.04 Å². The Morgan fingerprint density at radius 3 is 2.52 bits per heavy atom. The van der Waals surface area contributed by atoms with Crippen molar-refractivity contribution in [3.8, 4) is 5.75 Å². The second kappa shape index (κ2) is 6.97. The number of rotatable bonds is 5. The van der Waals surface area contributed by atoms with Gasteiger partial charge in [-0.05, 0) is 55.2 Å². The quantitative estimate of drug-likeness (QED) is 0.870. The van der Waals surface area contributed by atoms with E-state index in [0.717, 1.165) is 28.3 Å². The van der Waals surface area contributed by atoms with Crippen LogP contribution in [0.15, 0.2) is 42.5 Å². The number of hydrogen-bond acceptors (Lipinski definition) is 2. The number of hydrogen-bond donors (Lipinski definition) is 1. The fraction of sp³-hybridized carbons (Fsp3) is 0.333. The standard InChI is InChI=1S/C18H22ClNO/c1-4-14-11-15(9-10-17(14)19)21-18(13(3)20)16-8-6-5-7-12(16)2/h5-11,13,18H,4,20H2,1-3H3. The molecule has 0 aliphatic heterocycles. The Morgan fingerprint density at radius 1 is 1.19 bits per heavy atom. The monoisotopic (exact) mass is 303 g/mol. The lowest BCUT2D eigenvalue weighted by Gasteiger charge is -2.25. The molecule has 0 amide bonds. The highest BCUT2D eigenvalue weighted by molar-refractivity contribution is 6.31. The van der Waals surface area contributed by atoms with Crippen LogP contribution in [0.1, 0.15) is 36.6 Å². The van der Waals surface area contributed by atoms with Crippen molar-refractivity contribution in [2.24, 2.45) is 5.73 Å². The fourth-order valence-corrected chi connectivity index (χ4v) is 2.65. The van der Waals surface area contributed by atoms with Crippen LogP contribution in [0.5, 0.6) is 5.75 Å². The van der Waals surface area contributed by atoms with Gasteiger partial charge in [-0.3, -0.25) is 0 Å². The van der Waals surface area contributed by atoms with Crippen LogP contribution in [0.3, 0.4) is 0 Å². The maximum absolute atomic E-state index is 6.16. The Morgan fingerprint density at radius 2 is 1.90 bits per heavy atom. The van der Waals surface area contributed by atoms with Gasteiger partial charge in [0, 0.05) is 11.1 Å². The molecular formula is C18H22ClNO. The minimum absolute atomic E-state index is 0.105. The molecule has 112 valence electrons. The van der Waals surface area contributed by atoms with Gasteiger partial charge in [-0.2, -0.15) is 0 Å². The summed E-state index contributed by atoms with van der Waals surface area (Å²) in [5.74, 6) is 0.807. The Kier molecular flexibility index (Phi) is 5.27. The minimum Gasteiger partial charge on any atom is -0.484 e. The number of halogens is 1. The molecule has 2 nitrogen and oxygen atoms in total. The van der Waals surface area contributed by atoms with Gasteiger partial charge < -0.3 is 10.5 Å². The summed E-state index contributed by atoms with van der Waals surface area (Å²) in [6, 6.07) is 13.9. The first-order valence-corrected chi connectivity index (χ1v) is 7.67. The topological polar surface area (TPSA) is 35.2 Å². The molecule has 0 fully saturated rings. The third kappa shape index (κ3) is 3.78. The van der Waals surface area contributed by atoms with Gasteiger partial charge in [-0.1, -0.05) is 42.8 Å². The number of ether oxygens (including phenoxy) is 1. The van der Waals surface area contributed by atoms with Crippen molar-refractivity contribution in [1.29, 1.82) is 0 Å². The predicted octanol–water partition coefficient (Wildman–Crippen LogP) is 4.68. The highest BCUT2D eigenvalue weighted by Gasteiger charge is 2.20. The SMILES string of the molecule is CCc1cc(OC(c2ccccc2C)C(C)N)ccc1Cl. The largest absolute Gasteiger partial charge is 0.484 e.